The Balaban J connectivity index is 2.31. The van der Waals surface area contributed by atoms with Gasteiger partial charge >= 0.3 is 0 Å². The summed E-state index contributed by atoms with van der Waals surface area (Å²) in [4.78, 5) is 18.5. The Hall–Kier alpha value is -2.36. The van der Waals surface area contributed by atoms with Crippen LogP contribution in [0.15, 0.2) is 52.3 Å². The smallest absolute Gasteiger partial charge is 0.189 e. The summed E-state index contributed by atoms with van der Waals surface area (Å²) in [5.74, 6) is 0.658. The number of hydrogen-bond donors (Lipinski definition) is 1. The Kier molecular flexibility index (Phi) is 1.86. The van der Waals surface area contributed by atoms with E-state index < -0.39 is 0 Å². The molecule has 4 heteroatoms. The van der Waals surface area contributed by atoms with Gasteiger partial charge in [0.25, 0.3) is 0 Å². The van der Waals surface area contributed by atoms with Crippen molar-refractivity contribution in [2.75, 3.05) is 0 Å². The maximum absolute atomic E-state index is 11.6. The zero-order chi connectivity index (χ0) is 11.0. The standard InChI is InChI=1S/C12H8N2O2/c15-11-3-4-14-10-2-1-8(5-9(10)11)12-6-13-7-16-12/h1-7H,(H,14,15). The number of rotatable bonds is 1. The van der Waals surface area contributed by atoms with Gasteiger partial charge in [0.05, 0.1) is 6.20 Å². The second kappa shape index (κ2) is 3.34. The predicted octanol–water partition coefficient (Wildman–Crippen LogP) is 2.18. The molecular weight excluding hydrogens is 204 g/mol. The van der Waals surface area contributed by atoms with Gasteiger partial charge in [-0.05, 0) is 18.2 Å². The number of H-pyrrole nitrogens is 1. The van der Waals surface area contributed by atoms with Gasteiger partial charge < -0.3 is 9.40 Å². The molecule has 2 aromatic heterocycles. The summed E-state index contributed by atoms with van der Waals surface area (Å²) in [5, 5.41) is 0.649. The van der Waals surface area contributed by atoms with Gasteiger partial charge in [0.1, 0.15) is 0 Å². The van der Waals surface area contributed by atoms with Crippen molar-refractivity contribution >= 4 is 10.9 Å². The van der Waals surface area contributed by atoms with Gasteiger partial charge in [-0.2, -0.15) is 0 Å². The molecule has 0 spiro atoms. The Labute approximate surface area is 90.6 Å². The highest BCUT2D eigenvalue weighted by Gasteiger charge is 2.04. The first-order valence-corrected chi connectivity index (χ1v) is 4.85. The highest BCUT2D eigenvalue weighted by molar-refractivity contribution is 5.83. The molecule has 3 aromatic rings. The van der Waals surface area contributed by atoms with E-state index in [2.05, 4.69) is 9.97 Å². The van der Waals surface area contributed by atoms with Crippen molar-refractivity contribution in [3.63, 3.8) is 0 Å². The van der Waals surface area contributed by atoms with Crippen LogP contribution in [0.3, 0.4) is 0 Å². The van der Waals surface area contributed by atoms with Gasteiger partial charge in [-0.1, -0.05) is 0 Å². The van der Waals surface area contributed by atoms with Crippen LogP contribution in [0.4, 0.5) is 0 Å². The summed E-state index contributed by atoms with van der Waals surface area (Å²) < 4.78 is 5.18. The first kappa shape index (κ1) is 8.91. The average Bonchev–Trinajstić information content (AvgIpc) is 2.83. The molecule has 78 valence electrons. The van der Waals surface area contributed by atoms with Crippen molar-refractivity contribution in [3.8, 4) is 11.3 Å². The Morgan fingerprint density at radius 1 is 1.25 bits per heavy atom. The van der Waals surface area contributed by atoms with Crippen LogP contribution in [0, 0.1) is 0 Å². The number of benzene rings is 1. The van der Waals surface area contributed by atoms with E-state index in [0.717, 1.165) is 11.1 Å². The number of pyridine rings is 1. The minimum atomic E-state index is -0.00452. The summed E-state index contributed by atoms with van der Waals surface area (Å²) in [6, 6.07) is 7.05. The Morgan fingerprint density at radius 3 is 3.00 bits per heavy atom. The first-order chi connectivity index (χ1) is 7.84. The molecule has 4 nitrogen and oxygen atoms in total. The van der Waals surface area contributed by atoms with E-state index in [1.54, 1.807) is 18.5 Å². The van der Waals surface area contributed by atoms with E-state index in [1.165, 1.54) is 12.5 Å². The normalized spacial score (nSPS) is 10.8. The third kappa shape index (κ3) is 1.32. The summed E-state index contributed by atoms with van der Waals surface area (Å²) in [7, 11) is 0. The molecule has 0 aliphatic carbocycles. The van der Waals surface area contributed by atoms with Gasteiger partial charge in [0.15, 0.2) is 17.6 Å². The summed E-state index contributed by atoms with van der Waals surface area (Å²) in [6.07, 6.45) is 4.63. The van der Waals surface area contributed by atoms with Crippen LogP contribution < -0.4 is 5.43 Å². The fraction of sp³-hybridized carbons (Fsp3) is 0. The number of aromatic nitrogens is 2. The predicted molar refractivity (Wildman–Crippen MR) is 60.1 cm³/mol. The van der Waals surface area contributed by atoms with Crippen LogP contribution in [-0.2, 0) is 0 Å². The zero-order valence-electron chi connectivity index (χ0n) is 8.31. The summed E-state index contributed by atoms with van der Waals surface area (Å²) in [5.41, 5.74) is 1.66. The maximum atomic E-state index is 11.6. The number of fused-ring (bicyclic) bond motifs is 1. The lowest BCUT2D eigenvalue weighted by molar-refractivity contribution is 0.572. The third-order valence-electron chi connectivity index (χ3n) is 2.48. The van der Waals surface area contributed by atoms with Gasteiger partial charge in [0, 0.05) is 28.7 Å². The number of nitrogens with zero attached hydrogens (tertiary/aromatic N) is 1. The molecule has 0 saturated heterocycles. The van der Waals surface area contributed by atoms with Crippen molar-refractivity contribution < 1.29 is 4.42 Å². The van der Waals surface area contributed by atoms with Gasteiger partial charge in [-0.25, -0.2) is 4.98 Å². The first-order valence-electron chi connectivity index (χ1n) is 4.85. The topological polar surface area (TPSA) is 58.9 Å². The van der Waals surface area contributed by atoms with E-state index in [9.17, 15) is 4.79 Å². The maximum Gasteiger partial charge on any atom is 0.189 e. The summed E-state index contributed by atoms with van der Waals surface area (Å²) in [6.45, 7) is 0. The monoisotopic (exact) mass is 212 g/mol. The van der Waals surface area contributed by atoms with Gasteiger partial charge in [-0.15, -0.1) is 0 Å². The molecule has 0 aliphatic rings. The number of hydrogen-bond acceptors (Lipinski definition) is 3. The average molecular weight is 212 g/mol. The number of aromatic amines is 1. The van der Waals surface area contributed by atoms with Crippen LogP contribution >= 0.6 is 0 Å². The highest BCUT2D eigenvalue weighted by Crippen LogP contribution is 2.21. The van der Waals surface area contributed by atoms with Crippen molar-refractivity contribution in [3.05, 3.63) is 53.3 Å². The van der Waals surface area contributed by atoms with Crippen LogP contribution in [0.1, 0.15) is 0 Å². The largest absolute Gasteiger partial charge is 0.444 e. The Bertz CT molecular complexity index is 684. The van der Waals surface area contributed by atoms with Crippen molar-refractivity contribution in [2.24, 2.45) is 0 Å². The van der Waals surface area contributed by atoms with Crippen LogP contribution in [0.5, 0.6) is 0 Å². The molecular formula is C12H8N2O2. The van der Waals surface area contributed by atoms with Crippen LogP contribution in [0.2, 0.25) is 0 Å². The van der Waals surface area contributed by atoms with Crippen LogP contribution in [0.25, 0.3) is 22.2 Å². The minimum absolute atomic E-state index is 0.00452. The summed E-state index contributed by atoms with van der Waals surface area (Å²) >= 11 is 0. The molecule has 16 heavy (non-hydrogen) atoms. The molecule has 0 radical (unpaired) electrons. The SMILES string of the molecule is O=c1cc[nH]c2ccc(-c3cnco3)cc12. The molecule has 0 amide bonds. The van der Waals surface area contributed by atoms with Crippen molar-refractivity contribution in [1.29, 1.82) is 0 Å². The third-order valence-corrected chi connectivity index (χ3v) is 2.48. The molecule has 0 fully saturated rings. The lowest BCUT2D eigenvalue weighted by Crippen LogP contribution is -1.99. The van der Waals surface area contributed by atoms with Crippen molar-refractivity contribution in [2.45, 2.75) is 0 Å². The van der Waals surface area contributed by atoms with Gasteiger partial charge in [-0.3, -0.25) is 4.79 Å². The second-order valence-electron chi connectivity index (χ2n) is 3.47. The van der Waals surface area contributed by atoms with E-state index >= 15 is 0 Å². The van der Waals surface area contributed by atoms with E-state index in [4.69, 9.17) is 4.42 Å². The second-order valence-corrected chi connectivity index (χ2v) is 3.47. The Morgan fingerprint density at radius 2 is 2.19 bits per heavy atom. The fourth-order valence-corrected chi connectivity index (χ4v) is 1.68. The molecule has 0 bridgehead atoms. The van der Waals surface area contributed by atoms with E-state index in [-0.39, 0.29) is 5.43 Å². The zero-order valence-corrected chi connectivity index (χ0v) is 8.31. The van der Waals surface area contributed by atoms with Crippen molar-refractivity contribution in [1.82, 2.24) is 9.97 Å². The van der Waals surface area contributed by atoms with E-state index in [1.807, 2.05) is 12.1 Å². The molecule has 2 heterocycles. The van der Waals surface area contributed by atoms with E-state index in [0.29, 0.717) is 11.1 Å². The minimum Gasteiger partial charge on any atom is -0.444 e. The van der Waals surface area contributed by atoms with Crippen LogP contribution in [-0.4, -0.2) is 9.97 Å². The molecule has 3 rings (SSSR count). The lowest BCUT2D eigenvalue weighted by Gasteiger charge is -1.99. The molecule has 0 unspecified atom stereocenters. The lowest BCUT2D eigenvalue weighted by atomic mass is 10.1. The molecule has 1 N–H and O–H groups in total. The molecule has 0 aliphatic heterocycles. The highest BCUT2D eigenvalue weighted by atomic mass is 16.3. The fourth-order valence-electron chi connectivity index (χ4n) is 1.68. The number of oxazole rings is 1. The molecule has 0 saturated carbocycles. The quantitative estimate of drug-likeness (QED) is 0.672. The number of nitrogens with one attached hydrogen (secondary N) is 1. The van der Waals surface area contributed by atoms with Gasteiger partial charge in [0.2, 0.25) is 0 Å². The molecule has 1 aromatic carbocycles. The molecule has 0 atom stereocenters.